The number of hydrogen-bond acceptors (Lipinski definition) is 7. The van der Waals surface area contributed by atoms with Gasteiger partial charge in [0, 0.05) is 16.5 Å². The maximum atomic E-state index is 13.4. The lowest BCUT2D eigenvalue weighted by molar-refractivity contribution is -0.139. The van der Waals surface area contributed by atoms with Gasteiger partial charge in [0.05, 0.1) is 12.2 Å². The number of unbranched alkanes of at least 4 members (excludes halogenated alkanes) is 1. The Morgan fingerprint density at radius 1 is 1.07 bits per heavy atom. The summed E-state index contributed by atoms with van der Waals surface area (Å²) in [5.74, 6) is 1.51. The zero-order chi connectivity index (χ0) is 27.9. The van der Waals surface area contributed by atoms with Gasteiger partial charge in [0.1, 0.15) is 18.4 Å². The first-order valence-electron chi connectivity index (χ1n) is 13.3. The SMILES string of the molecule is CCCCOC(=O)C1=C(C)Nc2nc(SCc3ccccc3Cl)nn2C1c1cccc(OCc2ccccc2)c1. The standard InChI is InChI=1S/C31H31ClN4O3S/c1-3-4-17-38-29(37)27-21(2)33-30-34-31(40-20-24-13-8-9-16-26(24)32)35-36(30)28(27)23-14-10-15-25(18-23)39-19-22-11-6-5-7-12-22/h5-16,18,28H,3-4,17,19-20H2,1-2H3,(H,33,34,35). The molecule has 0 radical (unpaired) electrons. The summed E-state index contributed by atoms with van der Waals surface area (Å²) in [6.07, 6.45) is 1.74. The molecule has 3 aromatic carbocycles. The predicted octanol–water partition coefficient (Wildman–Crippen LogP) is 7.44. The molecule has 1 atom stereocenters. The van der Waals surface area contributed by atoms with Crippen molar-refractivity contribution in [2.75, 3.05) is 11.9 Å². The highest BCUT2D eigenvalue weighted by molar-refractivity contribution is 7.98. The summed E-state index contributed by atoms with van der Waals surface area (Å²) in [7, 11) is 0. The summed E-state index contributed by atoms with van der Waals surface area (Å²) < 4.78 is 13.5. The molecule has 5 rings (SSSR count). The zero-order valence-corrected chi connectivity index (χ0v) is 24.0. The average molecular weight is 575 g/mol. The van der Waals surface area contributed by atoms with Crippen molar-refractivity contribution in [2.24, 2.45) is 0 Å². The monoisotopic (exact) mass is 574 g/mol. The molecule has 1 unspecified atom stereocenters. The van der Waals surface area contributed by atoms with Crippen LogP contribution in [0, 0.1) is 0 Å². The van der Waals surface area contributed by atoms with Crippen molar-refractivity contribution in [3.8, 4) is 5.75 Å². The number of carbonyl (C=O) groups excluding carboxylic acids is 1. The lowest BCUT2D eigenvalue weighted by Crippen LogP contribution is -2.29. The number of allylic oxidation sites excluding steroid dienone is 1. The second-order valence-electron chi connectivity index (χ2n) is 9.45. The van der Waals surface area contributed by atoms with Gasteiger partial charge in [-0.05, 0) is 48.2 Å². The number of hydrogen-bond donors (Lipinski definition) is 1. The Morgan fingerprint density at radius 2 is 1.88 bits per heavy atom. The summed E-state index contributed by atoms with van der Waals surface area (Å²) in [6, 6.07) is 25.0. The van der Waals surface area contributed by atoms with Gasteiger partial charge in [0.2, 0.25) is 11.1 Å². The van der Waals surface area contributed by atoms with E-state index in [9.17, 15) is 4.79 Å². The second-order valence-corrected chi connectivity index (χ2v) is 10.8. The van der Waals surface area contributed by atoms with Gasteiger partial charge in [-0.25, -0.2) is 9.48 Å². The van der Waals surface area contributed by atoms with E-state index < -0.39 is 6.04 Å². The fourth-order valence-corrected chi connectivity index (χ4v) is 5.54. The number of benzene rings is 3. The molecule has 206 valence electrons. The number of anilines is 1. The molecule has 1 aliphatic heterocycles. The van der Waals surface area contributed by atoms with Crippen molar-refractivity contribution in [3.05, 3.63) is 112 Å². The Morgan fingerprint density at radius 3 is 2.67 bits per heavy atom. The van der Waals surface area contributed by atoms with E-state index in [-0.39, 0.29) is 5.97 Å². The van der Waals surface area contributed by atoms with E-state index in [1.807, 2.05) is 85.8 Å². The van der Waals surface area contributed by atoms with Gasteiger partial charge in [-0.3, -0.25) is 0 Å². The largest absolute Gasteiger partial charge is 0.489 e. The fraction of sp³-hybridized carbons (Fsp3) is 0.258. The first kappa shape index (κ1) is 27.8. The lowest BCUT2D eigenvalue weighted by atomic mass is 9.95. The third-order valence-corrected chi connectivity index (χ3v) is 7.78. The summed E-state index contributed by atoms with van der Waals surface area (Å²) in [5.41, 5.74) is 4.11. The van der Waals surface area contributed by atoms with E-state index >= 15 is 0 Å². The van der Waals surface area contributed by atoms with Crippen LogP contribution in [-0.4, -0.2) is 27.3 Å². The second kappa shape index (κ2) is 13.1. The van der Waals surface area contributed by atoms with E-state index in [1.165, 1.54) is 11.8 Å². The molecule has 0 fully saturated rings. The zero-order valence-electron chi connectivity index (χ0n) is 22.5. The quantitative estimate of drug-likeness (QED) is 0.113. The topological polar surface area (TPSA) is 78.3 Å². The van der Waals surface area contributed by atoms with Crippen LogP contribution < -0.4 is 10.1 Å². The van der Waals surface area contributed by atoms with E-state index in [2.05, 4.69) is 12.2 Å². The number of rotatable bonds is 11. The minimum Gasteiger partial charge on any atom is -0.489 e. The van der Waals surface area contributed by atoms with Crippen LogP contribution in [0.4, 0.5) is 5.95 Å². The third-order valence-electron chi connectivity index (χ3n) is 6.52. The molecule has 1 N–H and O–H groups in total. The van der Waals surface area contributed by atoms with E-state index in [0.717, 1.165) is 29.5 Å². The number of nitrogens with zero attached hydrogens (tertiary/aromatic N) is 3. The molecule has 1 aromatic heterocycles. The number of nitrogens with one attached hydrogen (secondary N) is 1. The van der Waals surface area contributed by atoms with Gasteiger partial charge in [-0.15, -0.1) is 5.10 Å². The average Bonchev–Trinajstić information content (AvgIpc) is 3.38. The highest BCUT2D eigenvalue weighted by Gasteiger charge is 2.35. The van der Waals surface area contributed by atoms with Crippen LogP contribution in [-0.2, 0) is 21.9 Å². The first-order valence-corrected chi connectivity index (χ1v) is 14.6. The Bertz CT molecular complexity index is 1510. The molecule has 40 heavy (non-hydrogen) atoms. The van der Waals surface area contributed by atoms with Gasteiger partial charge in [-0.1, -0.05) is 97.4 Å². The predicted molar refractivity (Wildman–Crippen MR) is 159 cm³/mol. The molecule has 0 saturated heterocycles. The first-order chi connectivity index (χ1) is 19.5. The highest BCUT2D eigenvalue weighted by atomic mass is 35.5. The minimum atomic E-state index is -0.534. The Labute approximate surface area is 243 Å². The van der Waals surface area contributed by atoms with Gasteiger partial charge < -0.3 is 14.8 Å². The molecular weight excluding hydrogens is 544 g/mol. The molecule has 4 aromatic rings. The summed E-state index contributed by atoms with van der Waals surface area (Å²) >= 11 is 7.85. The molecule has 0 aliphatic carbocycles. The van der Waals surface area contributed by atoms with E-state index in [4.69, 9.17) is 31.2 Å². The number of carbonyl (C=O) groups is 1. The van der Waals surface area contributed by atoms with Crippen LogP contribution in [0.25, 0.3) is 0 Å². The van der Waals surface area contributed by atoms with Crippen molar-refractivity contribution in [2.45, 2.75) is 50.2 Å². The van der Waals surface area contributed by atoms with Crippen LogP contribution in [0.3, 0.4) is 0 Å². The summed E-state index contributed by atoms with van der Waals surface area (Å²) in [4.78, 5) is 18.1. The number of ether oxygens (including phenoxy) is 2. The molecule has 0 amide bonds. The lowest BCUT2D eigenvalue weighted by Gasteiger charge is -2.28. The molecule has 2 heterocycles. The Hall–Kier alpha value is -3.75. The van der Waals surface area contributed by atoms with Crippen molar-refractivity contribution in [1.82, 2.24) is 14.8 Å². The van der Waals surface area contributed by atoms with Crippen LogP contribution in [0.5, 0.6) is 5.75 Å². The minimum absolute atomic E-state index is 0.363. The van der Waals surface area contributed by atoms with Crippen molar-refractivity contribution in [1.29, 1.82) is 0 Å². The number of esters is 1. The molecule has 1 aliphatic rings. The van der Waals surface area contributed by atoms with Crippen molar-refractivity contribution >= 4 is 35.3 Å². The molecule has 0 spiro atoms. The Kier molecular flexibility index (Phi) is 9.08. The third kappa shape index (κ3) is 6.51. The number of fused-ring (bicyclic) bond motifs is 1. The summed E-state index contributed by atoms with van der Waals surface area (Å²) in [5, 5.41) is 9.38. The van der Waals surface area contributed by atoms with Gasteiger partial charge >= 0.3 is 5.97 Å². The van der Waals surface area contributed by atoms with Crippen molar-refractivity contribution < 1.29 is 14.3 Å². The number of halogens is 1. The fourth-order valence-electron chi connectivity index (χ4n) is 4.43. The number of thioether (sulfide) groups is 1. The molecule has 0 bridgehead atoms. The normalized spacial score (nSPS) is 14.4. The number of aromatic nitrogens is 3. The molecular formula is C31H31ClN4O3S. The highest BCUT2D eigenvalue weighted by Crippen LogP contribution is 2.38. The molecule has 7 nitrogen and oxygen atoms in total. The maximum Gasteiger partial charge on any atom is 0.338 e. The van der Waals surface area contributed by atoms with Crippen LogP contribution >= 0.6 is 23.4 Å². The Balaban J connectivity index is 1.45. The van der Waals surface area contributed by atoms with Gasteiger partial charge in [0.25, 0.3) is 0 Å². The van der Waals surface area contributed by atoms with Crippen molar-refractivity contribution in [3.63, 3.8) is 0 Å². The van der Waals surface area contributed by atoms with Crippen LogP contribution in [0.1, 0.15) is 49.4 Å². The van der Waals surface area contributed by atoms with Gasteiger partial charge in [0.15, 0.2) is 0 Å². The maximum absolute atomic E-state index is 13.4. The van der Waals surface area contributed by atoms with Gasteiger partial charge in [-0.2, -0.15) is 4.98 Å². The van der Waals surface area contributed by atoms with Crippen LogP contribution in [0.2, 0.25) is 5.02 Å². The van der Waals surface area contributed by atoms with E-state index in [0.29, 0.717) is 52.1 Å². The molecule has 0 saturated carbocycles. The summed E-state index contributed by atoms with van der Waals surface area (Å²) in [6.45, 7) is 4.73. The molecule has 9 heteroatoms. The van der Waals surface area contributed by atoms with E-state index in [1.54, 1.807) is 4.68 Å². The smallest absolute Gasteiger partial charge is 0.338 e. The van der Waals surface area contributed by atoms with Crippen LogP contribution in [0.15, 0.2) is 95.3 Å².